The summed E-state index contributed by atoms with van der Waals surface area (Å²) in [4.78, 5) is 39.3. The fourth-order valence-corrected chi connectivity index (χ4v) is 3.14. The van der Waals surface area contributed by atoms with Crippen molar-refractivity contribution >= 4 is 23.6 Å². The summed E-state index contributed by atoms with van der Waals surface area (Å²) in [6.45, 7) is 8.60. The maximum Gasteiger partial charge on any atom is 0.408 e. The van der Waals surface area contributed by atoms with E-state index in [0.717, 1.165) is 11.1 Å². The number of phenols is 1. The number of carbonyl (C=O) groups is 3. The van der Waals surface area contributed by atoms with Crippen LogP contribution in [0.2, 0.25) is 0 Å². The van der Waals surface area contributed by atoms with Gasteiger partial charge in [0.25, 0.3) is 5.91 Å². The number of likely N-dealkylation sites (N-methyl/N-ethyl adjacent to an activating group) is 1. The first-order chi connectivity index (χ1) is 14.9. The van der Waals surface area contributed by atoms with Gasteiger partial charge in [-0.3, -0.25) is 9.59 Å². The van der Waals surface area contributed by atoms with Crippen LogP contribution in [0.15, 0.2) is 42.5 Å². The average molecular weight is 442 g/mol. The van der Waals surface area contributed by atoms with Gasteiger partial charge in [-0.1, -0.05) is 30.3 Å². The zero-order chi connectivity index (χ0) is 24.1. The lowest BCUT2D eigenvalue weighted by molar-refractivity contribution is -0.136. The lowest BCUT2D eigenvalue weighted by atomic mass is 10.0. The Labute approximate surface area is 188 Å². The van der Waals surface area contributed by atoms with E-state index in [4.69, 9.17) is 4.74 Å². The molecule has 3 amide bonds. The quantitative estimate of drug-likeness (QED) is 0.634. The van der Waals surface area contributed by atoms with E-state index in [1.54, 1.807) is 32.9 Å². The lowest BCUT2D eigenvalue weighted by Crippen LogP contribution is -2.44. The van der Waals surface area contributed by atoms with Gasteiger partial charge in [-0.15, -0.1) is 0 Å². The molecule has 0 aromatic heterocycles. The topological polar surface area (TPSA) is 108 Å². The highest BCUT2D eigenvalue weighted by molar-refractivity contribution is 5.99. The number of nitrogens with one attached hydrogen (secondary N) is 2. The monoisotopic (exact) mass is 441 g/mol. The number of alkyl carbamates (subject to hydrolysis) is 1. The fourth-order valence-electron chi connectivity index (χ4n) is 3.14. The molecule has 0 bridgehead atoms. The van der Waals surface area contributed by atoms with E-state index in [1.807, 2.05) is 32.0 Å². The molecule has 32 heavy (non-hydrogen) atoms. The Hall–Kier alpha value is -3.55. The zero-order valence-electron chi connectivity index (χ0n) is 19.4. The van der Waals surface area contributed by atoms with Crippen molar-refractivity contribution in [3.63, 3.8) is 0 Å². The number of para-hydroxylation sites is 1. The Bertz CT molecular complexity index is 960. The maximum absolute atomic E-state index is 13.3. The van der Waals surface area contributed by atoms with Crippen molar-refractivity contribution in [3.05, 3.63) is 59.2 Å². The highest BCUT2D eigenvalue weighted by atomic mass is 16.6. The summed E-state index contributed by atoms with van der Waals surface area (Å²) in [7, 11) is 1.49. The Morgan fingerprint density at radius 2 is 1.59 bits per heavy atom. The number of hydrogen-bond donors (Lipinski definition) is 3. The van der Waals surface area contributed by atoms with Gasteiger partial charge in [0, 0.05) is 12.7 Å². The average Bonchev–Trinajstić information content (AvgIpc) is 2.69. The maximum atomic E-state index is 13.3. The molecule has 0 aliphatic heterocycles. The van der Waals surface area contributed by atoms with Crippen molar-refractivity contribution in [2.24, 2.45) is 0 Å². The summed E-state index contributed by atoms with van der Waals surface area (Å²) < 4.78 is 5.15. The van der Waals surface area contributed by atoms with Crippen molar-refractivity contribution in [2.45, 2.75) is 46.3 Å². The Balaban J connectivity index is 2.24. The van der Waals surface area contributed by atoms with Gasteiger partial charge in [0.2, 0.25) is 5.91 Å². The summed E-state index contributed by atoms with van der Waals surface area (Å²) >= 11 is 0. The Morgan fingerprint density at radius 3 is 2.12 bits per heavy atom. The van der Waals surface area contributed by atoms with Crippen LogP contribution in [0.3, 0.4) is 0 Å². The van der Waals surface area contributed by atoms with Crippen molar-refractivity contribution in [2.75, 3.05) is 18.9 Å². The van der Waals surface area contributed by atoms with Gasteiger partial charge < -0.3 is 25.4 Å². The van der Waals surface area contributed by atoms with Crippen molar-refractivity contribution in [1.29, 1.82) is 0 Å². The first kappa shape index (κ1) is 24.7. The van der Waals surface area contributed by atoms with Crippen LogP contribution in [-0.2, 0) is 14.3 Å². The van der Waals surface area contributed by atoms with Crippen LogP contribution < -0.4 is 10.6 Å². The van der Waals surface area contributed by atoms with Crippen molar-refractivity contribution in [1.82, 2.24) is 10.2 Å². The van der Waals surface area contributed by atoms with E-state index in [1.165, 1.54) is 24.1 Å². The van der Waals surface area contributed by atoms with Gasteiger partial charge in [-0.05, 0) is 63.4 Å². The normalized spacial score (nSPS) is 11.9. The number of aryl methyl sites for hydroxylation is 2. The van der Waals surface area contributed by atoms with Gasteiger partial charge in [-0.25, -0.2) is 4.79 Å². The van der Waals surface area contributed by atoms with E-state index >= 15 is 0 Å². The third kappa shape index (κ3) is 6.73. The first-order valence-corrected chi connectivity index (χ1v) is 10.3. The number of nitrogens with zero attached hydrogens (tertiary/aromatic N) is 1. The molecule has 2 rings (SSSR count). The standard InChI is InChI=1S/C24H31N3O5/c1-15-8-7-9-16(2)20(15)26-22(30)21(17-10-12-18(28)13-11-17)27(6)19(29)14-25-23(31)32-24(3,4)5/h7-13,21,28H,14H2,1-6H3,(H,25,31)(H,26,30). The number of hydrogen-bond acceptors (Lipinski definition) is 5. The molecule has 172 valence electrons. The summed E-state index contributed by atoms with van der Waals surface area (Å²) in [6.07, 6.45) is -0.722. The minimum absolute atomic E-state index is 0.0447. The van der Waals surface area contributed by atoms with Gasteiger partial charge in [-0.2, -0.15) is 0 Å². The van der Waals surface area contributed by atoms with Crippen LogP contribution in [0.4, 0.5) is 10.5 Å². The van der Waals surface area contributed by atoms with Gasteiger partial charge >= 0.3 is 6.09 Å². The number of ether oxygens (including phenoxy) is 1. The molecule has 3 N–H and O–H groups in total. The number of carbonyl (C=O) groups excluding carboxylic acids is 3. The molecule has 0 heterocycles. The third-order valence-corrected chi connectivity index (χ3v) is 4.75. The largest absolute Gasteiger partial charge is 0.508 e. The second-order valence-electron chi connectivity index (χ2n) is 8.61. The molecule has 0 saturated carbocycles. The molecule has 0 aliphatic carbocycles. The van der Waals surface area contributed by atoms with Gasteiger partial charge in [0.05, 0.1) is 0 Å². The van der Waals surface area contributed by atoms with E-state index in [-0.39, 0.29) is 12.3 Å². The number of amides is 3. The van der Waals surface area contributed by atoms with Crippen LogP contribution in [0.1, 0.15) is 43.5 Å². The molecule has 1 atom stereocenters. The molecule has 0 radical (unpaired) electrons. The number of benzene rings is 2. The molecular weight excluding hydrogens is 410 g/mol. The van der Waals surface area contributed by atoms with Gasteiger partial charge in [0.1, 0.15) is 23.9 Å². The van der Waals surface area contributed by atoms with Crippen LogP contribution in [0.5, 0.6) is 5.75 Å². The smallest absolute Gasteiger partial charge is 0.408 e. The molecule has 1 unspecified atom stereocenters. The molecule has 0 fully saturated rings. The zero-order valence-corrected chi connectivity index (χ0v) is 19.4. The minimum Gasteiger partial charge on any atom is -0.508 e. The Morgan fingerprint density at radius 1 is 1.03 bits per heavy atom. The molecule has 8 heteroatoms. The highest BCUT2D eigenvalue weighted by Crippen LogP contribution is 2.26. The second-order valence-corrected chi connectivity index (χ2v) is 8.61. The minimum atomic E-state index is -0.984. The summed E-state index contributed by atoms with van der Waals surface area (Å²) in [5.41, 5.74) is 2.28. The summed E-state index contributed by atoms with van der Waals surface area (Å²) in [5.74, 6) is -0.852. The Kier molecular flexibility index (Phi) is 7.86. The predicted octanol–water partition coefficient (Wildman–Crippen LogP) is 3.67. The number of aromatic hydroxyl groups is 1. The summed E-state index contributed by atoms with van der Waals surface area (Å²) in [6, 6.07) is 10.7. The molecule has 2 aromatic carbocycles. The van der Waals surface area contributed by atoms with E-state index < -0.39 is 29.6 Å². The number of phenolic OH excluding ortho intramolecular Hbond substituents is 1. The summed E-state index contributed by atoms with van der Waals surface area (Å²) in [5, 5.41) is 15.0. The third-order valence-electron chi connectivity index (χ3n) is 4.75. The predicted molar refractivity (Wildman–Crippen MR) is 122 cm³/mol. The second kappa shape index (κ2) is 10.2. The van der Waals surface area contributed by atoms with E-state index in [2.05, 4.69) is 10.6 Å². The molecule has 0 saturated heterocycles. The van der Waals surface area contributed by atoms with Crippen LogP contribution in [0.25, 0.3) is 0 Å². The SMILES string of the molecule is Cc1cccc(C)c1NC(=O)C(c1ccc(O)cc1)N(C)C(=O)CNC(=O)OC(C)(C)C. The number of anilines is 1. The van der Waals surface area contributed by atoms with E-state index in [9.17, 15) is 19.5 Å². The molecule has 8 nitrogen and oxygen atoms in total. The van der Waals surface area contributed by atoms with Gasteiger partial charge in [0.15, 0.2) is 0 Å². The van der Waals surface area contributed by atoms with Crippen LogP contribution >= 0.6 is 0 Å². The molecule has 2 aromatic rings. The van der Waals surface area contributed by atoms with Crippen molar-refractivity contribution in [3.8, 4) is 5.75 Å². The van der Waals surface area contributed by atoms with Crippen LogP contribution in [-0.4, -0.2) is 47.1 Å². The number of rotatable bonds is 6. The van der Waals surface area contributed by atoms with Crippen LogP contribution in [0, 0.1) is 13.8 Å². The lowest BCUT2D eigenvalue weighted by Gasteiger charge is -2.28. The van der Waals surface area contributed by atoms with Crippen molar-refractivity contribution < 1.29 is 24.2 Å². The fraction of sp³-hybridized carbons (Fsp3) is 0.375. The first-order valence-electron chi connectivity index (χ1n) is 10.3. The molecule has 0 aliphatic rings. The highest BCUT2D eigenvalue weighted by Gasteiger charge is 2.30. The van der Waals surface area contributed by atoms with E-state index in [0.29, 0.717) is 11.3 Å². The molecule has 0 spiro atoms. The molecular formula is C24H31N3O5.